The molecular weight excluding hydrogens is 336 g/mol. The summed E-state index contributed by atoms with van der Waals surface area (Å²) in [6.45, 7) is 0.495. The summed E-state index contributed by atoms with van der Waals surface area (Å²) in [5.41, 5.74) is 3.56. The van der Waals surface area contributed by atoms with Crippen LogP contribution in [0.2, 0.25) is 0 Å². The number of amides is 1. The van der Waals surface area contributed by atoms with E-state index in [0.29, 0.717) is 24.3 Å². The van der Waals surface area contributed by atoms with Crippen LogP contribution >= 0.6 is 0 Å². The molecule has 5 nitrogen and oxygen atoms in total. The van der Waals surface area contributed by atoms with E-state index in [1.807, 2.05) is 24.3 Å². The van der Waals surface area contributed by atoms with Gasteiger partial charge in [-0.3, -0.25) is 9.10 Å². The summed E-state index contributed by atoms with van der Waals surface area (Å²) in [7, 11) is -1.88. The lowest BCUT2D eigenvalue weighted by molar-refractivity contribution is -0.118. The lowest BCUT2D eigenvalue weighted by atomic mass is 10.0. The highest BCUT2D eigenvalue weighted by atomic mass is 32.2. The molecule has 2 aromatic carbocycles. The van der Waals surface area contributed by atoms with Gasteiger partial charge in [0.2, 0.25) is 5.91 Å². The Morgan fingerprint density at radius 3 is 2.56 bits per heavy atom. The fourth-order valence-electron chi connectivity index (χ4n) is 3.67. The Morgan fingerprint density at radius 1 is 0.920 bits per heavy atom. The van der Waals surface area contributed by atoms with Gasteiger partial charge in [-0.2, -0.15) is 0 Å². The smallest absolute Gasteiger partial charge is 0.264 e. The van der Waals surface area contributed by atoms with Crippen LogP contribution in [0.4, 0.5) is 11.4 Å². The number of sulfonamides is 1. The lowest BCUT2D eigenvalue weighted by Crippen LogP contribution is -2.36. The first-order valence-corrected chi connectivity index (χ1v) is 9.92. The minimum atomic E-state index is -3.61. The zero-order chi connectivity index (χ0) is 17.6. The molecule has 0 N–H and O–H groups in total. The van der Waals surface area contributed by atoms with E-state index in [1.54, 1.807) is 30.1 Å². The highest BCUT2D eigenvalue weighted by molar-refractivity contribution is 7.92. The van der Waals surface area contributed by atoms with Crippen molar-refractivity contribution in [2.45, 2.75) is 30.6 Å². The highest BCUT2D eigenvalue weighted by Gasteiger charge is 2.30. The summed E-state index contributed by atoms with van der Waals surface area (Å²) in [5.74, 6) is 0.0630. The van der Waals surface area contributed by atoms with E-state index >= 15 is 0 Å². The molecule has 130 valence electrons. The first-order chi connectivity index (χ1) is 12.0. The van der Waals surface area contributed by atoms with Crippen molar-refractivity contribution in [1.82, 2.24) is 0 Å². The molecule has 0 atom stereocenters. The molecule has 1 amide bonds. The molecule has 2 aromatic rings. The molecular formula is C19H20N2O3S. The maximum atomic E-state index is 13.2. The van der Waals surface area contributed by atoms with Crippen LogP contribution in [0.3, 0.4) is 0 Å². The predicted molar refractivity (Wildman–Crippen MR) is 97.5 cm³/mol. The van der Waals surface area contributed by atoms with Gasteiger partial charge < -0.3 is 4.90 Å². The number of hydrogen-bond acceptors (Lipinski definition) is 3. The third-order valence-corrected chi connectivity index (χ3v) is 6.86. The largest absolute Gasteiger partial charge is 0.315 e. The van der Waals surface area contributed by atoms with Crippen molar-refractivity contribution >= 4 is 27.3 Å². The maximum absolute atomic E-state index is 13.2. The fraction of sp³-hybridized carbons (Fsp3) is 0.316. The first kappa shape index (κ1) is 16.1. The van der Waals surface area contributed by atoms with E-state index in [4.69, 9.17) is 0 Å². The van der Waals surface area contributed by atoms with Crippen LogP contribution in [0.15, 0.2) is 47.4 Å². The molecule has 0 aliphatic carbocycles. The number of carbonyl (C=O) groups is 1. The van der Waals surface area contributed by atoms with E-state index in [-0.39, 0.29) is 5.91 Å². The van der Waals surface area contributed by atoms with Gasteiger partial charge in [-0.25, -0.2) is 8.42 Å². The molecule has 0 fully saturated rings. The summed E-state index contributed by atoms with van der Waals surface area (Å²) in [6, 6.07) is 12.8. The van der Waals surface area contributed by atoms with Gasteiger partial charge >= 0.3 is 0 Å². The van der Waals surface area contributed by atoms with Crippen LogP contribution in [-0.2, 0) is 27.7 Å². The van der Waals surface area contributed by atoms with Gasteiger partial charge in [-0.1, -0.05) is 18.2 Å². The molecule has 0 bridgehead atoms. The Labute approximate surface area is 147 Å². The van der Waals surface area contributed by atoms with E-state index in [1.165, 1.54) is 4.31 Å². The summed E-state index contributed by atoms with van der Waals surface area (Å²) in [4.78, 5) is 13.7. The van der Waals surface area contributed by atoms with Gasteiger partial charge in [0.1, 0.15) is 0 Å². The van der Waals surface area contributed by atoms with Crippen LogP contribution in [0, 0.1) is 0 Å². The second-order valence-corrected chi connectivity index (χ2v) is 8.42. The number of carbonyl (C=O) groups excluding carboxylic acids is 1. The Kier molecular flexibility index (Phi) is 3.80. The Bertz CT molecular complexity index is 953. The lowest BCUT2D eigenvalue weighted by Gasteiger charge is -2.31. The second-order valence-electron chi connectivity index (χ2n) is 6.55. The molecule has 0 saturated carbocycles. The summed E-state index contributed by atoms with van der Waals surface area (Å²) in [6.07, 6.45) is 2.72. The quantitative estimate of drug-likeness (QED) is 0.831. The molecule has 0 radical (unpaired) electrons. The molecule has 2 heterocycles. The number of benzene rings is 2. The second kappa shape index (κ2) is 5.88. The standard InChI is InChI=1S/C19H20N2O3S/c1-20-17-10-9-16(13-15(17)8-11-19(20)22)25(23,24)21-12-4-6-14-5-2-3-7-18(14)21/h2-3,5,7,9-10,13H,4,6,8,11-12H2,1H3. The molecule has 0 spiro atoms. The summed E-state index contributed by atoms with van der Waals surface area (Å²) < 4.78 is 28.0. The van der Waals surface area contributed by atoms with Crippen molar-refractivity contribution in [1.29, 1.82) is 0 Å². The number of anilines is 2. The van der Waals surface area contributed by atoms with Gasteiger partial charge in [-0.15, -0.1) is 0 Å². The Balaban J connectivity index is 1.76. The Morgan fingerprint density at radius 2 is 1.72 bits per heavy atom. The first-order valence-electron chi connectivity index (χ1n) is 8.48. The van der Waals surface area contributed by atoms with Crippen molar-refractivity contribution in [2.75, 3.05) is 22.8 Å². The molecule has 0 unspecified atom stereocenters. The minimum absolute atomic E-state index is 0.0630. The van der Waals surface area contributed by atoms with Gasteiger partial charge in [0, 0.05) is 25.7 Å². The van der Waals surface area contributed by atoms with E-state index in [2.05, 4.69) is 0 Å². The molecule has 25 heavy (non-hydrogen) atoms. The topological polar surface area (TPSA) is 57.7 Å². The molecule has 6 heteroatoms. The Hall–Kier alpha value is -2.34. The predicted octanol–water partition coefficient (Wildman–Crippen LogP) is 2.74. The van der Waals surface area contributed by atoms with Gasteiger partial charge in [-0.05, 0) is 54.7 Å². The van der Waals surface area contributed by atoms with E-state index in [9.17, 15) is 13.2 Å². The van der Waals surface area contributed by atoms with Gasteiger partial charge in [0.15, 0.2) is 0 Å². The van der Waals surface area contributed by atoms with Crippen LogP contribution in [0.5, 0.6) is 0 Å². The van der Waals surface area contributed by atoms with Crippen LogP contribution in [0.1, 0.15) is 24.0 Å². The number of fused-ring (bicyclic) bond motifs is 2. The highest BCUT2D eigenvalue weighted by Crippen LogP contribution is 2.34. The third kappa shape index (κ3) is 2.61. The monoisotopic (exact) mass is 356 g/mol. The third-order valence-electron chi connectivity index (χ3n) is 5.05. The SMILES string of the molecule is CN1C(=O)CCc2cc(S(=O)(=O)N3CCCc4ccccc43)ccc21. The minimum Gasteiger partial charge on any atom is -0.315 e. The number of aryl methyl sites for hydroxylation is 2. The van der Waals surface area contributed by atoms with Gasteiger partial charge in [0.05, 0.1) is 10.6 Å². The molecule has 2 aliphatic rings. The average Bonchev–Trinajstić information content (AvgIpc) is 2.64. The molecule has 2 aliphatic heterocycles. The van der Waals surface area contributed by atoms with Gasteiger partial charge in [0.25, 0.3) is 10.0 Å². The zero-order valence-corrected chi connectivity index (χ0v) is 14.9. The average molecular weight is 356 g/mol. The summed E-state index contributed by atoms with van der Waals surface area (Å²) >= 11 is 0. The van der Waals surface area contributed by atoms with Crippen LogP contribution in [-0.4, -0.2) is 27.9 Å². The van der Waals surface area contributed by atoms with Crippen molar-refractivity contribution in [3.63, 3.8) is 0 Å². The van der Waals surface area contributed by atoms with E-state index in [0.717, 1.165) is 35.3 Å². The number of para-hydroxylation sites is 1. The molecule has 0 saturated heterocycles. The van der Waals surface area contributed by atoms with E-state index < -0.39 is 10.0 Å². The molecule has 0 aromatic heterocycles. The normalized spacial score (nSPS) is 17.2. The van der Waals surface area contributed by atoms with Crippen molar-refractivity contribution in [3.05, 3.63) is 53.6 Å². The van der Waals surface area contributed by atoms with Crippen LogP contribution in [0.25, 0.3) is 0 Å². The molecule has 4 rings (SSSR count). The summed E-state index contributed by atoms with van der Waals surface area (Å²) in [5, 5.41) is 0. The van der Waals surface area contributed by atoms with Crippen molar-refractivity contribution in [3.8, 4) is 0 Å². The maximum Gasteiger partial charge on any atom is 0.264 e. The zero-order valence-electron chi connectivity index (χ0n) is 14.1. The van der Waals surface area contributed by atoms with Crippen molar-refractivity contribution in [2.24, 2.45) is 0 Å². The number of rotatable bonds is 2. The number of nitrogens with zero attached hydrogens (tertiary/aromatic N) is 2. The number of hydrogen-bond donors (Lipinski definition) is 0. The fourth-order valence-corrected chi connectivity index (χ4v) is 5.26. The van der Waals surface area contributed by atoms with Crippen LogP contribution < -0.4 is 9.21 Å². The van der Waals surface area contributed by atoms with Crippen molar-refractivity contribution < 1.29 is 13.2 Å².